The van der Waals surface area contributed by atoms with Crippen LogP contribution in [0.2, 0.25) is 0 Å². The average Bonchev–Trinajstić information content (AvgIpc) is 2.97. The fraction of sp³-hybridized carbons (Fsp3) is 0.714. The number of amides is 1. The van der Waals surface area contributed by atoms with Crippen molar-refractivity contribution in [2.45, 2.75) is 32.8 Å². The lowest BCUT2D eigenvalue weighted by molar-refractivity contribution is 0.0484. The highest BCUT2D eigenvalue weighted by Gasteiger charge is 2.27. The molecule has 2 heterocycles. The number of hydrogen-bond acceptors (Lipinski definition) is 3. The lowest BCUT2D eigenvalue weighted by Crippen LogP contribution is -2.30. The SMILES string of the molecule is CC(C)CCO[C@@H]1CCN(C(=O)c2cnn(C)c2)C1. The van der Waals surface area contributed by atoms with Crippen molar-refractivity contribution in [1.82, 2.24) is 14.7 Å². The summed E-state index contributed by atoms with van der Waals surface area (Å²) in [7, 11) is 1.82. The summed E-state index contributed by atoms with van der Waals surface area (Å²) in [4.78, 5) is 14.1. The maximum Gasteiger partial charge on any atom is 0.257 e. The zero-order valence-electron chi connectivity index (χ0n) is 12.0. The Kier molecular flexibility index (Phi) is 4.58. The van der Waals surface area contributed by atoms with Crippen molar-refractivity contribution in [3.8, 4) is 0 Å². The van der Waals surface area contributed by atoms with E-state index in [1.165, 1.54) is 0 Å². The fourth-order valence-electron chi connectivity index (χ4n) is 2.23. The van der Waals surface area contributed by atoms with E-state index in [-0.39, 0.29) is 12.0 Å². The molecule has 1 amide bonds. The maximum atomic E-state index is 12.2. The van der Waals surface area contributed by atoms with Crippen LogP contribution in [0.15, 0.2) is 12.4 Å². The second kappa shape index (κ2) is 6.19. The summed E-state index contributed by atoms with van der Waals surface area (Å²) in [6, 6.07) is 0. The average molecular weight is 265 g/mol. The largest absolute Gasteiger partial charge is 0.376 e. The number of ether oxygens (including phenoxy) is 1. The highest BCUT2D eigenvalue weighted by molar-refractivity contribution is 5.93. The molecule has 5 nitrogen and oxygen atoms in total. The highest BCUT2D eigenvalue weighted by Crippen LogP contribution is 2.16. The number of carbonyl (C=O) groups excluding carboxylic acids is 1. The molecule has 106 valence electrons. The summed E-state index contributed by atoms with van der Waals surface area (Å²) < 4.78 is 7.47. The van der Waals surface area contributed by atoms with Gasteiger partial charge in [-0.2, -0.15) is 5.10 Å². The molecular weight excluding hydrogens is 242 g/mol. The summed E-state index contributed by atoms with van der Waals surface area (Å²) >= 11 is 0. The number of carbonyl (C=O) groups is 1. The van der Waals surface area contributed by atoms with Gasteiger partial charge in [-0.1, -0.05) is 13.8 Å². The molecule has 1 fully saturated rings. The van der Waals surface area contributed by atoms with Crippen LogP contribution < -0.4 is 0 Å². The standard InChI is InChI=1S/C14H23N3O2/c1-11(2)5-7-19-13-4-6-17(10-13)14(18)12-8-15-16(3)9-12/h8-9,11,13H,4-7,10H2,1-3H3/t13-/m1/s1. The fourth-order valence-corrected chi connectivity index (χ4v) is 2.23. The molecule has 0 radical (unpaired) electrons. The lowest BCUT2D eigenvalue weighted by Gasteiger charge is -2.16. The van der Waals surface area contributed by atoms with Gasteiger partial charge in [0.05, 0.1) is 17.9 Å². The molecule has 1 atom stereocenters. The summed E-state index contributed by atoms with van der Waals surface area (Å²) in [6.07, 6.45) is 5.58. The van der Waals surface area contributed by atoms with Gasteiger partial charge in [0.25, 0.3) is 5.91 Å². The Bertz CT molecular complexity index is 428. The zero-order chi connectivity index (χ0) is 13.8. The minimum atomic E-state index is 0.0584. The molecule has 1 aliphatic rings. The van der Waals surface area contributed by atoms with Crippen molar-refractivity contribution >= 4 is 5.91 Å². The smallest absolute Gasteiger partial charge is 0.257 e. The third-order valence-corrected chi connectivity index (χ3v) is 3.43. The van der Waals surface area contributed by atoms with E-state index in [1.54, 1.807) is 17.1 Å². The molecule has 0 bridgehead atoms. The van der Waals surface area contributed by atoms with Crippen molar-refractivity contribution in [3.05, 3.63) is 18.0 Å². The Morgan fingerprint density at radius 3 is 3.00 bits per heavy atom. The van der Waals surface area contributed by atoms with E-state index in [4.69, 9.17) is 4.74 Å². The van der Waals surface area contributed by atoms with Crippen LogP contribution in [0.4, 0.5) is 0 Å². The normalized spacial score (nSPS) is 19.4. The molecule has 0 saturated carbocycles. The number of nitrogens with zero attached hydrogens (tertiary/aromatic N) is 3. The van der Waals surface area contributed by atoms with Crippen LogP contribution in [-0.4, -0.2) is 46.4 Å². The van der Waals surface area contributed by atoms with Crippen molar-refractivity contribution in [2.75, 3.05) is 19.7 Å². The number of hydrogen-bond donors (Lipinski definition) is 0. The van der Waals surface area contributed by atoms with Gasteiger partial charge in [0.1, 0.15) is 0 Å². The van der Waals surface area contributed by atoms with E-state index < -0.39 is 0 Å². The molecule has 0 N–H and O–H groups in total. The number of aromatic nitrogens is 2. The van der Waals surface area contributed by atoms with Crippen molar-refractivity contribution in [3.63, 3.8) is 0 Å². The molecule has 1 aromatic rings. The van der Waals surface area contributed by atoms with E-state index in [0.717, 1.165) is 26.0 Å². The predicted molar refractivity (Wildman–Crippen MR) is 72.9 cm³/mol. The van der Waals surface area contributed by atoms with Crippen molar-refractivity contribution in [2.24, 2.45) is 13.0 Å². The molecule has 0 spiro atoms. The Morgan fingerprint density at radius 2 is 2.37 bits per heavy atom. The van der Waals surface area contributed by atoms with Gasteiger partial charge in [0, 0.05) is 32.9 Å². The minimum Gasteiger partial charge on any atom is -0.376 e. The Balaban J connectivity index is 1.80. The van der Waals surface area contributed by atoms with Crippen LogP contribution >= 0.6 is 0 Å². The first-order valence-corrected chi connectivity index (χ1v) is 6.95. The monoisotopic (exact) mass is 265 g/mol. The molecule has 19 heavy (non-hydrogen) atoms. The van der Waals surface area contributed by atoms with Gasteiger partial charge >= 0.3 is 0 Å². The van der Waals surface area contributed by atoms with Crippen LogP contribution in [0.1, 0.15) is 37.0 Å². The van der Waals surface area contributed by atoms with Crippen LogP contribution in [-0.2, 0) is 11.8 Å². The van der Waals surface area contributed by atoms with Gasteiger partial charge in [-0.25, -0.2) is 0 Å². The highest BCUT2D eigenvalue weighted by atomic mass is 16.5. The number of aryl methyl sites for hydroxylation is 1. The van der Waals surface area contributed by atoms with Gasteiger partial charge in [0.15, 0.2) is 0 Å². The minimum absolute atomic E-state index is 0.0584. The summed E-state index contributed by atoms with van der Waals surface area (Å²) in [5.41, 5.74) is 0.658. The van der Waals surface area contributed by atoms with E-state index >= 15 is 0 Å². The second-order valence-electron chi connectivity index (χ2n) is 5.62. The summed E-state index contributed by atoms with van der Waals surface area (Å²) in [6.45, 7) is 6.65. The Morgan fingerprint density at radius 1 is 1.58 bits per heavy atom. The van der Waals surface area contributed by atoms with Gasteiger partial charge in [0.2, 0.25) is 0 Å². The molecule has 5 heteroatoms. The summed E-state index contributed by atoms with van der Waals surface area (Å²) in [5, 5.41) is 4.04. The Hall–Kier alpha value is -1.36. The number of rotatable bonds is 5. The number of likely N-dealkylation sites (tertiary alicyclic amines) is 1. The van der Waals surface area contributed by atoms with E-state index in [0.29, 0.717) is 18.0 Å². The predicted octanol–water partition coefficient (Wildman–Crippen LogP) is 1.70. The molecule has 0 aromatic carbocycles. The first-order valence-electron chi connectivity index (χ1n) is 6.95. The third kappa shape index (κ3) is 3.80. The third-order valence-electron chi connectivity index (χ3n) is 3.43. The van der Waals surface area contributed by atoms with Crippen LogP contribution in [0.3, 0.4) is 0 Å². The molecule has 0 unspecified atom stereocenters. The molecule has 1 saturated heterocycles. The van der Waals surface area contributed by atoms with E-state index in [9.17, 15) is 4.79 Å². The second-order valence-corrected chi connectivity index (χ2v) is 5.62. The van der Waals surface area contributed by atoms with Gasteiger partial charge in [-0.05, 0) is 18.8 Å². The van der Waals surface area contributed by atoms with Crippen molar-refractivity contribution < 1.29 is 9.53 Å². The maximum absolute atomic E-state index is 12.2. The van der Waals surface area contributed by atoms with Crippen LogP contribution in [0.25, 0.3) is 0 Å². The van der Waals surface area contributed by atoms with Gasteiger partial charge < -0.3 is 9.64 Å². The van der Waals surface area contributed by atoms with E-state index in [2.05, 4.69) is 18.9 Å². The molecule has 1 aliphatic heterocycles. The first-order chi connectivity index (χ1) is 9.06. The van der Waals surface area contributed by atoms with Crippen molar-refractivity contribution in [1.29, 1.82) is 0 Å². The van der Waals surface area contributed by atoms with Gasteiger partial charge in [-0.3, -0.25) is 9.48 Å². The molecule has 2 rings (SSSR count). The van der Waals surface area contributed by atoms with E-state index in [1.807, 2.05) is 11.9 Å². The molecule has 0 aliphatic carbocycles. The molecular formula is C14H23N3O2. The topological polar surface area (TPSA) is 47.4 Å². The Labute approximate surface area is 114 Å². The molecule has 1 aromatic heterocycles. The quantitative estimate of drug-likeness (QED) is 0.814. The van der Waals surface area contributed by atoms with Crippen LogP contribution in [0.5, 0.6) is 0 Å². The van der Waals surface area contributed by atoms with Gasteiger partial charge in [-0.15, -0.1) is 0 Å². The first kappa shape index (κ1) is 14.1. The summed E-state index contributed by atoms with van der Waals surface area (Å²) in [5.74, 6) is 0.720. The van der Waals surface area contributed by atoms with Crippen LogP contribution in [0, 0.1) is 5.92 Å². The zero-order valence-corrected chi connectivity index (χ0v) is 12.0. The lowest BCUT2D eigenvalue weighted by atomic mass is 10.1.